The Morgan fingerprint density at radius 1 is 1.21 bits per heavy atom. The Labute approximate surface area is 120 Å². The van der Waals surface area contributed by atoms with Crippen molar-refractivity contribution in [3.05, 3.63) is 35.4 Å². The van der Waals surface area contributed by atoms with Gasteiger partial charge in [0, 0.05) is 6.04 Å². The van der Waals surface area contributed by atoms with E-state index in [4.69, 9.17) is 11.6 Å². The molecule has 19 heavy (non-hydrogen) atoms. The van der Waals surface area contributed by atoms with Gasteiger partial charge in [0.1, 0.15) is 0 Å². The monoisotopic (exact) mass is 279 g/mol. The van der Waals surface area contributed by atoms with Gasteiger partial charge in [-0.05, 0) is 25.3 Å². The summed E-state index contributed by atoms with van der Waals surface area (Å²) in [5.41, 5.74) is 2.27. The summed E-state index contributed by atoms with van der Waals surface area (Å²) in [5.74, 6) is 0.0846. The number of hydrogen-bond acceptors (Lipinski definition) is 1. The summed E-state index contributed by atoms with van der Waals surface area (Å²) >= 11 is 6.34. The predicted molar refractivity (Wildman–Crippen MR) is 79.5 cm³/mol. The van der Waals surface area contributed by atoms with Crippen molar-refractivity contribution in [2.45, 2.75) is 56.9 Å². The molecule has 0 saturated heterocycles. The van der Waals surface area contributed by atoms with Crippen molar-refractivity contribution < 1.29 is 4.79 Å². The molecule has 2 atom stereocenters. The highest BCUT2D eigenvalue weighted by molar-refractivity contribution is 6.21. The van der Waals surface area contributed by atoms with Crippen LogP contribution >= 0.6 is 11.6 Å². The Balaban J connectivity index is 1.87. The molecule has 0 bridgehead atoms. The zero-order valence-corrected chi connectivity index (χ0v) is 12.2. The van der Waals surface area contributed by atoms with Crippen molar-refractivity contribution in [1.29, 1.82) is 0 Å². The molecule has 1 fully saturated rings. The van der Waals surface area contributed by atoms with Gasteiger partial charge in [0.15, 0.2) is 0 Å². The standard InChI is InChI=1S/C16H22ClNO/c1-12-7-9-13(10-8-12)11-16(19)18-15-6-4-2-3-5-14(15)17/h7-10,14-15H,2-6,11H2,1H3,(H,18,19). The third-order valence-electron chi connectivity index (χ3n) is 3.76. The van der Waals surface area contributed by atoms with E-state index in [0.717, 1.165) is 18.4 Å². The second-order valence-corrected chi connectivity index (χ2v) is 6.05. The van der Waals surface area contributed by atoms with E-state index in [2.05, 4.69) is 5.32 Å². The van der Waals surface area contributed by atoms with Crippen molar-refractivity contribution >= 4 is 17.5 Å². The average molecular weight is 280 g/mol. The Hall–Kier alpha value is -1.02. The molecule has 0 aromatic heterocycles. The predicted octanol–water partition coefficient (Wildman–Crippen LogP) is 3.59. The molecule has 2 unspecified atom stereocenters. The average Bonchev–Trinajstić information content (AvgIpc) is 2.58. The molecule has 2 nitrogen and oxygen atoms in total. The van der Waals surface area contributed by atoms with E-state index in [9.17, 15) is 4.79 Å². The third kappa shape index (κ3) is 4.54. The molecule has 2 rings (SSSR count). The largest absolute Gasteiger partial charge is 0.352 e. The Kier molecular flexibility index (Phi) is 5.26. The fourth-order valence-corrected chi connectivity index (χ4v) is 2.92. The van der Waals surface area contributed by atoms with Crippen LogP contribution in [-0.4, -0.2) is 17.3 Å². The number of amides is 1. The van der Waals surface area contributed by atoms with E-state index in [0.29, 0.717) is 6.42 Å². The normalized spacial score (nSPS) is 23.7. The van der Waals surface area contributed by atoms with E-state index in [1.165, 1.54) is 24.8 Å². The summed E-state index contributed by atoms with van der Waals surface area (Å²) < 4.78 is 0. The van der Waals surface area contributed by atoms with Gasteiger partial charge in [-0.25, -0.2) is 0 Å². The molecule has 1 amide bonds. The third-order valence-corrected chi connectivity index (χ3v) is 4.29. The summed E-state index contributed by atoms with van der Waals surface area (Å²) in [6, 6.07) is 8.25. The van der Waals surface area contributed by atoms with Crippen LogP contribution in [0.15, 0.2) is 24.3 Å². The highest BCUT2D eigenvalue weighted by Gasteiger charge is 2.23. The molecule has 1 aliphatic rings. The van der Waals surface area contributed by atoms with E-state index in [1.807, 2.05) is 31.2 Å². The summed E-state index contributed by atoms with van der Waals surface area (Å²) in [4.78, 5) is 12.1. The lowest BCUT2D eigenvalue weighted by Gasteiger charge is -2.21. The van der Waals surface area contributed by atoms with Crippen molar-refractivity contribution in [3.63, 3.8) is 0 Å². The highest BCUT2D eigenvalue weighted by atomic mass is 35.5. The number of rotatable bonds is 3. The van der Waals surface area contributed by atoms with Crippen LogP contribution in [0.3, 0.4) is 0 Å². The molecule has 0 heterocycles. The van der Waals surface area contributed by atoms with Gasteiger partial charge in [0.25, 0.3) is 0 Å². The highest BCUT2D eigenvalue weighted by Crippen LogP contribution is 2.22. The second kappa shape index (κ2) is 6.95. The molecule has 1 aromatic rings. The maximum absolute atomic E-state index is 12.1. The van der Waals surface area contributed by atoms with Crippen LogP contribution < -0.4 is 5.32 Å². The van der Waals surface area contributed by atoms with Gasteiger partial charge in [-0.2, -0.15) is 0 Å². The van der Waals surface area contributed by atoms with E-state index < -0.39 is 0 Å². The van der Waals surface area contributed by atoms with Gasteiger partial charge in [-0.3, -0.25) is 4.79 Å². The summed E-state index contributed by atoms with van der Waals surface area (Å²) in [6.07, 6.45) is 6.04. The molecule has 1 aliphatic carbocycles. The first-order valence-electron chi connectivity index (χ1n) is 7.14. The van der Waals surface area contributed by atoms with Crippen LogP contribution in [-0.2, 0) is 11.2 Å². The maximum atomic E-state index is 12.1. The lowest BCUT2D eigenvalue weighted by Crippen LogP contribution is -2.41. The SMILES string of the molecule is Cc1ccc(CC(=O)NC2CCCCCC2Cl)cc1. The fourth-order valence-electron chi connectivity index (χ4n) is 2.57. The Morgan fingerprint density at radius 2 is 1.89 bits per heavy atom. The quantitative estimate of drug-likeness (QED) is 0.665. The summed E-state index contributed by atoms with van der Waals surface area (Å²) in [5, 5.41) is 3.19. The molecule has 104 valence electrons. The fraction of sp³-hybridized carbons (Fsp3) is 0.562. The minimum atomic E-state index is 0.0846. The Bertz CT molecular complexity index is 415. The lowest BCUT2D eigenvalue weighted by molar-refractivity contribution is -0.121. The van der Waals surface area contributed by atoms with Crippen LogP contribution in [0.5, 0.6) is 0 Å². The molecule has 0 radical (unpaired) electrons. The number of alkyl halides is 1. The molecule has 1 N–H and O–H groups in total. The first kappa shape index (κ1) is 14.4. The van der Waals surface area contributed by atoms with Crippen LogP contribution in [0.2, 0.25) is 0 Å². The molecule has 1 aromatic carbocycles. The van der Waals surface area contributed by atoms with Gasteiger partial charge in [0.05, 0.1) is 11.8 Å². The first-order chi connectivity index (χ1) is 9.15. The van der Waals surface area contributed by atoms with E-state index in [1.54, 1.807) is 0 Å². The number of benzene rings is 1. The van der Waals surface area contributed by atoms with Crippen LogP contribution in [0, 0.1) is 6.92 Å². The maximum Gasteiger partial charge on any atom is 0.224 e. The van der Waals surface area contributed by atoms with Gasteiger partial charge in [0.2, 0.25) is 5.91 Å². The molecule has 3 heteroatoms. The smallest absolute Gasteiger partial charge is 0.224 e. The van der Waals surface area contributed by atoms with E-state index in [-0.39, 0.29) is 17.3 Å². The number of halogens is 1. The molecular formula is C16H22ClNO. The summed E-state index contributed by atoms with van der Waals surface area (Å²) in [7, 11) is 0. The number of carbonyl (C=O) groups is 1. The topological polar surface area (TPSA) is 29.1 Å². The minimum Gasteiger partial charge on any atom is -0.352 e. The Morgan fingerprint density at radius 3 is 2.63 bits per heavy atom. The molecular weight excluding hydrogens is 258 g/mol. The van der Waals surface area contributed by atoms with Crippen LogP contribution in [0.1, 0.15) is 43.2 Å². The number of aryl methyl sites for hydroxylation is 1. The zero-order chi connectivity index (χ0) is 13.7. The number of nitrogens with one attached hydrogen (secondary N) is 1. The lowest BCUT2D eigenvalue weighted by atomic mass is 10.1. The zero-order valence-electron chi connectivity index (χ0n) is 11.5. The van der Waals surface area contributed by atoms with Crippen LogP contribution in [0.25, 0.3) is 0 Å². The number of hydrogen-bond donors (Lipinski definition) is 1. The minimum absolute atomic E-state index is 0.0846. The van der Waals surface area contributed by atoms with Crippen molar-refractivity contribution in [3.8, 4) is 0 Å². The van der Waals surface area contributed by atoms with E-state index >= 15 is 0 Å². The van der Waals surface area contributed by atoms with Crippen molar-refractivity contribution in [1.82, 2.24) is 5.32 Å². The van der Waals surface area contributed by atoms with Gasteiger partial charge < -0.3 is 5.32 Å². The molecule has 0 spiro atoms. The van der Waals surface area contributed by atoms with Crippen molar-refractivity contribution in [2.24, 2.45) is 0 Å². The van der Waals surface area contributed by atoms with Crippen LogP contribution in [0.4, 0.5) is 0 Å². The van der Waals surface area contributed by atoms with Gasteiger partial charge in [-0.1, -0.05) is 49.1 Å². The van der Waals surface area contributed by atoms with Gasteiger partial charge in [-0.15, -0.1) is 11.6 Å². The second-order valence-electron chi connectivity index (χ2n) is 5.49. The molecule has 0 aliphatic heterocycles. The number of carbonyl (C=O) groups excluding carboxylic acids is 1. The molecule has 1 saturated carbocycles. The van der Waals surface area contributed by atoms with Crippen molar-refractivity contribution in [2.75, 3.05) is 0 Å². The summed E-state index contributed by atoms with van der Waals surface area (Å²) in [6.45, 7) is 2.05. The van der Waals surface area contributed by atoms with Gasteiger partial charge >= 0.3 is 0 Å². The first-order valence-corrected chi connectivity index (χ1v) is 7.58.